The second-order valence-electron chi connectivity index (χ2n) is 5.66. The highest BCUT2D eigenvalue weighted by atomic mass is 16.5. The number of para-hydroxylation sites is 2. The highest BCUT2D eigenvalue weighted by Crippen LogP contribution is 2.33. The Bertz CT molecular complexity index is 846. The molecule has 0 atom stereocenters. The number of aromatic nitrogens is 1. The van der Waals surface area contributed by atoms with E-state index in [1.165, 1.54) is 0 Å². The van der Waals surface area contributed by atoms with Gasteiger partial charge in [0.1, 0.15) is 11.5 Å². The Hall–Kier alpha value is -2.75. The zero-order valence-electron chi connectivity index (χ0n) is 14.3. The zero-order valence-corrected chi connectivity index (χ0v) is 14.3. The summed E-state index contributed by atoms with van der Waals surface area (Å²) in [7, 11) is 1.67. The highest BCUT2D eigenvalue weighted by molar-refractivity contribution is 5.94. The van der Waals surface area contributed by atoms with Crippen molar-refractivity contribution in [3.8, 4) is 11.5 Å². The maximum atomic E-state index is 5.84. The molecule has 0 saturated carbocycles. The van der Waals surface area contributed by atoms with E-state index in [2.05, 4.69) is 17.2 Å². The van der Waals surface area contributed by atoms with Crippen LogP contribution in [0, 0.1) is 6.92 Å². The molecule has 2 aromatic carbocycles. The third-order valence-electron chi connectivity index (χ3n) is 3.76. The maximum absolute atomic E-state index is 5.84. The number of anilines is 2. The molecule has 0 aliphatic heterocycles. The fourth-order valence-electron chi connectivity index (χ4n) is 2.62. The molecule has 4 nitrogen and oxygen atoms in total. The number of pyridine rings is 1. The van der Waals surface area contributed by atoms with Gasteiger partial charge in [0.15, 0.2) is 0 Å². The summed E-state index contributed by atoms with van der Waals surface area (Å²) in [5, 5.41) is 4.51. The van der Waals surface area contributed by atoms with Crippen LogP contribution in [0.2, 0.25) is 0 Å². The lowest BCUT2D eigenvalue weighted by atomic mass is 10.1. The van der Waals surface area contributed by atoms with Crippen molar-refractivity contribution in [1.29, 1.82) is 0 Å². The molecule has 1 N–H and O–H groups in total. The molecule has 0 unspecified atom stereocenters. The van der Waals surface area contributed by atoms with Crippen molar-refractivity contribution in [3.05, 3.63) is 54.2 Å². The van der Waals surface area contributed by atoms with Gasteiger partial charge in [-0.3, -0.25) is 4.98 Å². The van der Waals surface area contributed by atoms with Gasteiger partial charge in [0, 0.05) is 16.8 Å². The molecule has 124 valence electrons. The number of aryl methyl sites for hydroxylation is 1. The topological polar surface area (TPSA) is 43.4 Å². The molecule has 0 saturated heterocycles. The van der Waals surface area contributed by atoms with Crippen molar-refractivity contribution in [3.63, 3.8) is 0 Å². The van der Waals surface area contributed by atoms with Crippen LogP contribution in [0.3, 0.4) is 0 Å². The van der Waals surface area contributed by atoms with Gasteiger partial charge in [-0.2, -0.15) is 0 Å². The summed E-state index contributed by atoms with van der Waals surface area (Å²) in [5.74, 6) is 1.66. The van der Waals surface area contributed by atoms with Crippen LogP contribution in [-0.4, -0.2) is 18.7 Å². The SMILES string of the molecule is CCCOc1ccccc1Nc1cc(C)nc2ccc(OC)cc12. The van der Waals surface area contributed by atoms with Crippen LogP contribution in [0.1, 0.15) is 19.0 Å². The van der Waals surface area contributed by atoms with Gasteiger partial charge in [-0.25, -0.2) is 0 Å². The first-order valence-electron chi connectivity index (χ1n) is 8.15. The van der Waals surface area contributed by atoms with Gasteiger partial charge in [0.2, 0.25) is 0 Å². The number of fused-ring (bicyclic) bond motifs is 1. The van der Waals surface area contributed by atoms with Crippen LogP contribution < -0.4 is 14.8 Å². The fraction of sp³-hybridized carbons (Fsp3) is 0.250. The average Bonchev–Trinajstić information content (AvgIpc) is 2.60. The largest absolute Gasteiger partial charge is 0.497 e. The fourth-order valence-corrected chi connectivity index (χ4v) is 2.62. The van der Waals surface area contributed by atoms with Crippen molar-refractivity contribution in [1.82, 2.24) is 4.98 Å². The molecular formula is C20H22N2O2. The molecule has 3 rings (SSSR count). The molecular weight excluding hydrogens is 300 g/mol. The summed E-state index contributed by atoms with van der Waals surface area (Å²) in [4.78, 5) is 4.60. The number of hydrogen-bond acceptors (Lipinski definition) is 4. The third-order valence-corrected chi connectivity index (χ3v) is 3.76. The molecule has 0 bridgehead atoms. The number of benzene rings is 2. The van der Waals surface area contributed by atoms with E-state index in [1.54, 1.807) is 7.11 Å². The van der Waals surface area contributed by atoms with Gasteiger partial charge in [-0.05, 0) is 49.7 Å². The van der Waals surface area contributed by atoms with E-state index in [1.807, 2.05) is 55.5 Å². The van der Waals surface area contributed by atoms with Crippen LogP contribution in [-0.2, 0) is 0 Å². The Labute approximate surface area is 142 Å². The molecule has 0 aliphatic carbocycles. The number of nitrogens with zero attached hydrogens (tertiary/aromatic N) is 1. The third kappa shape index (κ3) is 3.43. The van der Waals surface area contributed by atoms with Crippen LogP contribution in [0.5, 0.6) is 11.5 Å². The van der Waals surface area contributed by atoms with Crippen molar-refractivity contribution in [2.24, 2.45) is 0 Å². The lowest BCUT2D eigenvalue weighted by Crippen LogP contribution is -2.00. The molecule has 1 aromatic heterocycles. The lowest BCUT2D eigenvalue weighted by Gasteiger charge is -2.15. The average molecular weight is 322 g/mol. The van der Waals surface area contributed by atoms with E-state index in [-0.39, 0.29) is 0 Å². The van der Waals surface area contributed by atoms with Crippen molar-refractivity contribution in [2.75, 3.05) is 19.0 Å². The molecule has 0 radical (unpaired) electrons. The van der Waals surface area contributed by atoms with Gasteiger partial charge < -0.3 is 14.8 Å². The predicted molar refractivity (Wildman–Crippen MR) is 98.5 cm³/mol. The van der Waals surface area contributed by atoms with Gasteiger partial charge in [-0.1, -0.05) is 19.1 Å². The standard InChI is InChI=1S/C20H22N2O2/c1-4-11-24-20-8-6-5-7-18(20)22-19-12-14(2)21-17-10-9-15(23-3)13-16(17)19/h5-10,12-13H,4,11H2,1-3H3,(H,21,22). The summed E-state index contributed by atoms with van der Waals surface area (Å²) in [6.07, 6.45) is 0.975. The lowest BCUT2D eigenvalue weighted by molar-refractivity contribution is 0.319. The Morgan fingerprint density at radius 3 is 2.67 bits per heavy atom. The van der Waals surface area contributed by atoms with E-state index >= 15 is 0 Å². The monoisotopic (exact) mass is 322 g/mol. The van der Waals surface area contributed by atoms with Crippen LogP contribution >= 0.6 is 0 Å². The molecule has 1 heterocycles. The summed E-state index contributed by atoms with van der Waals surface area (Å²) in [5.41, 5.74) is 3.83. The molecule has 0 fully saturated rings. The normalized spacial score (nSPS) is 10.6. The molecule has 3 aromatic rings. The van der Waals surface area contributed by atoms with Gasteiger partial charge >= 0.3 is 0 Å². The highest BCUT2D eigenvalue weighted by Gasteiger charge is 2.09. The maximum Gasteiger partial charge on any atom is 0.142 e. The summed E-state index contributed by atoms with van der Waals surface area (Å²) in [6.45, 7) is 4.79. The number of nitrogens with one attached hydrogen (secondary N) is 1. The number of hydrogen-bond donors (Lipinski definition) is 1. The number of rotatable bonds is 6. The van der Waals surface area contributed by atoms with Crippen molar-refractivity contribution in [2.45, 2.75) is 20.3 Å². The second kappa shape index (κ2) is 7.21. The molecule has 0 amide bonds. The van der Waals surface area contributed by atoms with E-state index in [9.17, 15) is 0 Å². The first-order chi connectivity index (χ1) is 11.7. The van der Waals surface area contributed by atoms with Gasteiger partial charge in [0.05, 0.1) is 24.9 Å². The minimum atomic E-state index is 0.697. The van der Waals surface area contributed by atoms with E-state index in [0.29, 0.717) is 6.61 Å². The summed E-state index contributed by atoms with van der Waals surface area (Å²) < 4.78 is 11.2. The summed E-state index contributed by atoms with van der Waals surface area (Å²) in [6, 6.07) is 15.9. The van der Waals surface area contributed by atoms with E-state index in [4.69, 9.17) is 9.47 Å². The Kier molecular flexibility index (Phi) is 4.85. The minimum absolute atomic E-state index is 0.697. The van der Waals surface area contributed by atoms with E-state index in [0.717, 1.165) is 45.9 Å². The first-order valence-corrected chi connectivity index (χ1v) is 8.15. The molecule has 4 heteroatoms. The Balaban J connectivity index is 2.03. The predicted octanol–water partition coefficient (Wildman–Crippen LogP) is 5.08. The zero-order chi connectivity index (χ0) is 16.9. The quantitative estimate of drug-likeness (QED) is 0.687. The van der Waals surface area contributed by atoms with Gasteiger partial charge in [-0.15, -0.1) is 0 Å². The number of methoxy groups -OCH3 is 1. The van der Waals surface area contributed by atoms with Crippen LogP contribution in [0.25, 0.3) is 10.9 Å². The number of ether oxygens (including phenoxy) is 2. The Morgan fingerprint density at radius 2 is 1.88 bits per heavy atom. The van der Waals surface area contributed by atoms with E-state index < -0.39 is 0 Å². The van der Waals surface area contributed by atoms with Crippen LogP contribution in [0.4, 0.5) is 11.4 Å². The Morgan fingerprint density at radius 1 is 1.04 bits per heavy atom. The smallest absolute Gasteiger partial charge is 0.142 e. The summed E-state index contributed by atoms with van der Waals surface area (Å²) >= 11 is 0. The molecule has 0 spiro atoms. The van der Waals surface area contributed by atoms with Crippen molar-refractivity contribution < 1.29 is 9.47 Å². The first kappa shape index (κ1) is 16.1. The second-order valence-corrected chi connectivity index (χ2v) is 5.66. The molecule has 0 aliphatic rings. The molecule has 24 heavy (non-hydrogen) atoms. The minimum Gasteiger partial charge on any atom is -0.497 e. The van der Waals surface area contributed by atoms with Crippen LogP contribution in [0.15, 0.2) is 48.5 Å². The van der Waals surface area contributed by atoms with Crippen molar-refractivity contribution >= 4 is 22.3 Å². The van der Waals surface area contributed by atoms with Gasteiger partial charge in [0.25, 0.3) is 0 Å².